The zero-order valence-corrected chi connectivity index (χ0v) is 12.6. The molecule has 1 N–H and O–H groups in total. The van der Waals surface area contributed by atoms with E-state index in [0.29, 0.717) is 5.02 Å². The maximum atomic E-state index is 11.5. The minimum absolute atomic E-state index is 0.0748. The normalized spacial score (nSPS) is 15.3. The predicted molar refractivity (Wildman–Crippen MR) is 76.8 cm³/mol. The van der Waals surface area contributed by atoms with Crippen molar-refractivity contribution in [3.8, 4) is 0 Å². The fraction of sp³-hybridized carbons (Fsp3) is 0.538. The van der Waals surface area contributed by atoms with Crippen LogP contribution in [-0.2, 0) is 9.84 Å². The summed E-state index contributed by atoms with van der Waals surface area (Å²) in [6.45, 7) is 5.55. The summed E-state index contributed by atoms with van der Waals surface area (Å²) < 4.78 is 23.0. The summed E-state index contributed by atoms with van der Waals surface area (Å²) in [6.07, 6.45) is 0. The standard InChI is InChI=1S/C13H20ClNO2S/c1-4-18(16,17)9-10(2)15-11(3)12-6-5-7-13(14)8-12/h5-8,10-11,15H,4,9H2,1-3H3/t10?,11-/m0/s1. The topological polar surface area (TPSA) is 46.2 Å². The fourth-order valence-electron chi connectivity index (χ4n) is 1.85. The number of hydrogen-bond donors (Lipinski definition) is 1. The molecule has 5 heteroatoms. The van der Waals surface area contributed by atoms with Crippen LogP contribution in [0.2, 0.25) is 5.02 Å². The number of nitrogens with one attached hydrogen (secondary N) is 1. The van der Waals surface area contributed by atoms with Crippen LogP contribution >= 0.6 is 11.6 Å². The highest BCUT2D eigenvalue weighted by Gasteiger charge is 2.16. The predicted octanol–water partition coefficient (Wildman–Crippen LogP) is 2.81. The molecule has 0 spiro atoms. The molecule has 102 valence electrons. The van der Waals surface area contributed by atoms with Gasteiger partial charge >= 0.3 is 0 Å². The van der Waals surface area contributed by atoms with E-state index in [1.165, 1.54) is 0 Å². The molecule has 0 fully saturated rings. The lowest BCUT2D eigenvalue weighted by atomic mass is 10.1. The third kappa shape index (κ3) is 4.96. The number of rotatable bonds is 6. The Hall–Kier alpha value is -0.580. The Kier molecular flexibility index (Phi) is 5.63. The Morgan fingerprint density at radius 2 is 2.00 bits per heavy atom. The lowest BCUT2D eigenvalue weighted by Crippen LogP contribution is -2.35. The second kappa shape index (κ2) is 6.55. The number of benzene rings is 1. The van der Waals surface area contributed by atoms with Gasteiger partial charge in [-0.3, -0.25) is 0 Å². The SMILES string of the molecule is CCS(=O)(=O)CC(C)N[C@@H](C)c1cccc(Cl)c1. The van der Waals surface area contributed by atoms with Crippen LogP contribution in [0.4, 0.5) is 0 Å². The molecule has 1 aromatic carbocycles. The average molecular weight is 290 g/mol. The summed E-state index contributed by atoms with van der Waals surface area (Å²) >= 11 is 5.93. The van der Waals surface area contributed by atoms with Crippen LogP contribution < -0.4 is 5.32 Å². The van der Waals surface area contributed by atoms with Gasteiger partial charge in [-0.2, -0.15) is 0 Å². The summed E-state index contributed by atoms with van der Waals surface area (Å²) in [5, 5.41) is 3.97. The monoisotopic (exact) mass is 289 g/mol. The highest BCUT2D eigenvalue weighted by Crippen LogP contribution is 2.17. The third-order valence-electron chi connectivity index (χ3n) is 2.83. The van der Waals surface area contributed by atoms with Gasteiger partial charge in [-0.05, 0) is 31.5 Å². The maximum Gasteiger partial charge on any atom is 0.151 e. The van der Waals surface area contributed by atoms with Gasteiger partial charge in [0, 0.05) is 22.9 Å². The Morgan fingerprint density at radius 1 is 1.33 bits per heavy atom. The van der Waals surface area contributed by atoms with Gasteiger partial charge in [0.15, 0.2) is 9.84 Å². The van der Waals surface area contributed by atoms with Crippen molar-refractivity contribution >= 4 is 21.4 Å². The molecule has 0 saturated heterocycles. The van der Waals surface area contributed by atoms with Gasteiger partial charge in [-0.25, -0.2) is 8.42 Å². The van der Waals surface area contributed by atoms with Crippen molar-refractivity contribution in [2.24, 2.45) is 0 Å². The van der Waals surface area contributed by atoms with Crippen LogP contribution in [0.3, 0.4) is 0 Å². The van der Waals surface area contributed by atoms with E-state index in [1.54, 1.807) is 6.92 Å². The molecule has 3 nitrogen and oxygen atoms in total. The molecule has 0 amide bonds. The smallest absolute Gasteiger partial charge is 0.151 e. The van der Waals surface area contributed by atoms with Crippen LogP contribution in [0.1, 0.15) is 32.4 Å². The van der Waals surface area contributed by atoms with Crippen LogP contribution in [0, 0.1) is 0 Å². The molecule has 1 rings (SSSR count). The van der Waals surface area contributed by atoms with Gasteiger partial charge < -0.3 is 5.32 Å². The number of sulfone groups is 1. The minimum Gasteiger partial charge on any atom is -0.307 e. The van der Waals surface area contributed by atoms with E-state index in [4.69, 9.17) is 11.6 Å². The second-order valence-corrected chi connectivity index (χ2v) is 7.38. The molecule has 0 aliphatic heterocycles. The first-order chi connectivity index (χ1) is 8.34. The Morgan fingerprint density at radius 3 is 2.56 bits per heavy atom. The number of halogens is 1. The molecule has 0 heterocycles. The van der Waals surface area contributed by atoms with Gasteiger partial charge in [-0.15, -0.1) is 0 Å². The van der Waals surface area contributed by atoms with E-state index in [9.17, 15) is 8.42 Å². The van der Waals surface area contributed by atoms with Gasteiger partial charge in [0.25, 0.3) is 0 Å². The van der Waals surface area contributed by atoms with Gasteiger partial charge in [0.2, 0.25) is 0 Å². The Labute approximate surface area is 114 Å². The van der Waals surface area contributed by atoms with Crippen LogP contribution in [0.5, 0.6) is 0 Å². The summed E-state index contributed by atoms with van der Waals surface area (Å²) in [7, 11) is -2.94. The molecule has 0 aliphatic rings. The summed E-state index contributed by atoms with van der Waals surface area (Å²) in [6, 6.07) is 7.58. The Balaban J connectivity index is 2.62. The zero-order chi connectivity index (χ0) is 13.8. The average Bonchev–Trinajstić information content (AvgIpc) is 2.28. The largest absolute Gasteiger partial charge is 0.307 e. The highest BCUT2D eigenvalue weighted by atomic mass is 35.5. The van der Waals surface area contributed by atoms with Crippen molar-refractivity contribution in [2.75, 3.05) is 11.5 Å². The van der Waals surface area contributed by atoms with E-state index in [1.807, 2.05) is 38.1 Å². The molecule has 1 unspecified atom stereocenters. The van der Waals surface area contributed by atoms with Crippen LogP contribution in [0.25, 0.3) is 0 Å². The van der Waals surface area contributed by atoms with E-state index in [0.717, 1.165) is 5.56 Å². The van der Waals surface area contributed by atoms with Crippen LogP contribution in [-0.4, -0.2) is 26.0 Å². The van der Waals surface area contributed by atoms with Crippen molar-refractivity contribution in [3.63, 3.8) is 0 Å². The first-order valence-electron chi connectivity index (χ1n) is 6.06. The maximum absolute atomic E-state index is 11.5. The van der Waals surface area contributed by atoms with Crippen molar-refractivity contribution < 1.29 is 8.42 Å². The molecular weight excluding hydrogens is 270 g/mol. The quantitative estimate of drug-likeness (QED) is 0.876. The lowest BCUT2D eigenvalue weighted by Gasteiger charge is -2.20. The minimum atomic E-state index is -2.94. The summed E-state index contributed by atoms with van der Waals surface area (Å²) in [5.41, 5.74) is 1.06. The molecule has 0 bridgehead atoms. The van der Waals surface area contributed by atoms with E-state index in [-0.39, 0.29) is 23.6 Å². The van der Waals surface area contributed by atoms with Crippen molar-refractivity contribution in [1.29, 1.82) is 0 Å². The van der Waals surface area contributed by atoms with E-state index >= 15 is 0 Å². The fourth-order valence-corrected chi connectivity index (χ4v) is 3.14. The molecule has 18 heavy (non-hydrogen) atoms. The van der Waals surface area contributed by atoms with Crippen LogP contribution in [0.15, 0.2) is 24.3 Å². The van der Waals surface area contributed by atoms with Gasteiger partial charge in [0.1, 0.15) is 0 Å². The second-order valence-electron chi connectivity index (χ2n) is 4.54. The molecule has 1 aromatic rings. The molecule has 2 atom stereocenters. The summed E-state index contributed by atoms with van der Waals surface area (Å²) in [5.74, 6) is 0.346. The van der Waals surface area contributed by atoms with Gasteiger partial charge in [-0.1, -0.05) is 30.7 Å². The van der Waals surface area contributed by atoms with E-state index in [2.05, 4.69) is 5.32 Å². The first-order valence-corrected chi connectivity index (χ1v) is 8.26. The molecule has 0 aromatic heterocycles. The highest BCUT2D eigenvalue weighted by molar-refractivity contribution is 7.91. The van der Waals surface area contributed by atoms with Crippen molar-refractivity contribution in [2.45, 2.75) is 32.9 Å². The molecule has 0 saturated carbocycles. The van der Waals surface area contributed by atoms with Crippen molar-refractivity contribution in [1.82, 2.24) is 5.32 Å². The lowest BCUT2D eigenvalue weighted by molar-refractivity contribution is 0.500. The first kappa shape index (κ1) is 15.5. The third-order valence-corrected chi connectivity index (χ3v) is 4.95. The van der Waals surface area contributed by atoms with Gasteiger partial charge in [0.05, 0.1) is 5.75 Å². The summed E-state index contributed by atoms with van der Waals surface area (Å²) in [4.78, 5) is 0. The molecule has 0 aliphatic carbocycles. The molecular formula is C13H20ClNO2S. The number of hydrogen-bond acceptors (Lipinski definition) is 3. The van der Waals surface area contributed by atoms with E-state index < -0.39 is 9.84 Å². The molecule has 0 radical (unpaired) electrons. The van der Waals surface area contributed by atoms with Crippen molar-refractivity contribution in [3.05, 3.63) is 34.9 Å². The Bertz CT molecular complexity index is 488. The zero-order valence-electron chi connectivity index (χ0n) is 11.0.